The molecule has 2 fully saturated rings. The standard InChI is InChI=1S/C56H71N6O9PSi/c1-38(2)62(39(3)4)72(68-33-16-30-57)70-50-47(35-67-56(42-20-13-12-14-21-42,43-22-26-45(63-8)27-23-43)44-24-28-46(64-9)29-25-44)69-53(51(50)71-73(10,11)55(5,6)7)61-37-60-49-48(58-36-59-52(49)61)40-18-15-19-41(34-40)54-65-31-17-32-66-54/h12-15,18-29,34,36-39,47,50-51,53-54H,16-17,31-33,35H2,1-11H3/t47-,50-,51-,53-,72?/m1/s1. The fraction of sp³-hybridized carbons (Fsp3) is 0.464. The molecule has 0 saturated carbocycles. The molecule has 5 atom stereocenters. The summed E-state index contributed by atoms with van der Waals surface area (Å²) in [6, 6.07) is 36.5. The van der Waals surface area contributed by atoms with Crippen LogP contribution in [0.3, 0.4) is 0 Å². The molecule has 0 bridgehead atoms. The van der Waals surface area contributed by atoms with Crippen molar-refractivity contribution in [2.75, 3.05) is 40.6 Å². The number of aromatic nitrogens is 4. The Balaban J connectivity index is 1.29. The van der Waals surface area contributed by atoms with E-state index < -0.39 is 53.3 Å². The van der Waals surface area contributed by atoms with Crippen molar-refractivity contribution in [3.63, 3.8) is 0 Å². The first-order valence-electron chi connectivity index (χ1n) is 25.2. The summed E-state index contributed by atoms with van der Waals surface area (Å²) in [6.07, 6.45) is 0.817. The van der Waals surface area contributed by atoms with Gasteiger partial charge in [0.2, 0.25) is 0 Å². The van der Waals surface area contributed by atoms with Crippen molar-refractivity contribution in [3.8, 4) is 28.8 Å². The topological polar surface area (TPSA) is 154 Å². The molecule has 1 unspecified atom stereocenters. The summed E-state index contributed by atoms with van der Waals surface area (Å²) in [5.41, 5.74) is 5.00. The van der Waals surface area contributed by atoms with Gasteiger partial charge in [-0.15, -0.1) is 0 Å². The Morgan fingerprint density at radius 3 is 2.03 bits per heavy atom. The van der Waals surface area contributed by atoms with Crippen LogP contribution in [0.25, 0.3) is 22.4 Å². The molecule has 73 heavy (non-hydrogen) atoms. The van der Waals surface area contributed by atoms with E-state index in [1.165, 1.54) is 0 Å². The third-order valence-corrected chi connectivity index (χ3v) is 20.5. The largest absolute Gasteiger partial charge is 0.497 e. The number of nitriles is 1. The van der Waals surface area contributed by atoms with E-state index in [1.54, 1.807) is 26.9 Å². The highest BCUT2D eigenvalue weighted by molar-refractivity contribution is 7.44. The summed E-state index contributed by atoms with van der Waals surface area (Å²) in [5, 5.41) is 9.51. The van der Waals surface area contributed by atoms with Crippen molar-refractivity contribution < 1.29 is 41.9 Å². The van der Waals surface area contributed by atoms with Crippen LogP contribution in [0.4, 0.5) is 0 Å². The molecule has 0 amide bonds. The minimum atomic E-state index is -2.64. The maximum absolute atomic E-state index is 9.71. The second-order valence-electron chi connectivity index (χ2n) is 20.4. The zero-order chi connectivity index (χ0) is 51.9. The first kappa shape index (κ1) is 54.1. The second kappa shape index (κ2) is 23.6. The summed E-state index contributed by atoms with van der Waals surface area (Å²) in [5.74, 6) is 1.43. The first-order chi connectivity index (χ1) is 35.1. The molecule has 6 aromatic rings. The van der Waals surface area contributed by atoms with Crippen molar-refractivity contribution >= 4 is 28.0 Å². The van der Waals surface area contributed by atoms with E-state index in [-0.39, 0.29) is 36.8 Å². The molecule has 0 N–H and O–H groups in total. The van der Waals surface area contributed by atoms with Crippen molar-refractivity contribution in [3.05, 3.63) is 138 Å². The molecule has 0 spiro atoms. The normalized spacial score (nSPS) is 19.5. The quantitative estimate of drug-likeness (QED) is 0.0291. The zero-order valence-corrected chi connectivity index (χ0v) is 46.0. The predicted octanol–water partition coefficient (Wildman–Crippen LogP) is 11.9. The van der Waals surface area contributed by atoms with E-state index in [1.807, 2.05) is 95.6 Å². The lowest BCUT2D eigenvalue weighted by Crippen LogP contribution is -2.50. The van der Waals surface area contributed by atoms with Gasteiger partial charge in [-0.05, 0) is 99.3 Å². The highest BCUT2D eigenvalue weighted by Crippen LogP contribution is 2.53. The molecule has 15 nitrogen and oxygen atoms in total. The molecule has 4 aromatic carbocycles. The molecule has 0 aliphatic carbocycles. The van der Waals surface area contributed by atoms with Crippen LogP contribution in [0.2, 0.25) is 18.1 Å². The third-order valence-electron chi connectivity index (χ3n) is 13.9. The van der Waals surface area contributed by atoms with Gasteiger partial charge in [-0.25, -0.2) is 19.6 Å². The van der Waals surface area contributed by atoms with Gasteiger partial charge in [0.25, 0.3) is 8.53 Å². The van der Waals surface area contributed by atoms with Crippen molar-refractivity contribution in [2.45, 2.75) is 128 Å². The van der Waals surface area contributed by atoms with Gasteiger partial charge in [0.15, 0.2) is 26.5 Å². The Kier molecular flexibility index (Phi) is 17.5. The van der Waals surface area contributed by atoms with E-state index in [4.69, 9.17) is 56.8 Å². The molecule has 4 heterocycles. The third kappa shape index (κ3) is 11.7. The number of imidazole rings is 1. The number of hydrogen-bond donors (Lipinski definition) is 0. The van der Waals surface area contributed by atoms with Crippen LogP contribution in [0.15, 0.2) is 116 Å². The number of ether oxygens (including phenoxy) is 6. The van der Waals surface area contributed by atoms with Crippen LogP contribution in [-0.4, -0.2) is 104 Å². The SMILES string of the molecule is COc1ccc(C(OC[C@H]2O[C@@H](n3cnc4c(-c5cccc(C6OCCCO6)c5)ncnc43)[C@H](O[Si](C)(C)C(C)(C)C)[C@@H]2OP(OCCC#N)N(C(C)C)C(C)C)(c2ccccc2)c2ccc(OC)cc2)cc1. The van der Waals surface area contributed by atoms with Crippen LogP contribution in [0.5, 0.6) is 11.5 Å². The van der Waals surface area contributed by atoms with E-state index in [9.17, 15) is 5.26 Å². The van der Waals surface area contributed by atoms with Crippen LogP contribution in [-0.2, 0) is 38.0 Å². The van der Waals surface area contributed by atoms with Gasteiger partial charge in [0, 0.05) is 23.2 Å². The number of rotatable bonds is 21. The highest BCUT2D eigenvalue weighted by atomic mass is 31.2. The molecule has 8 rings (SSSR count). The molecule has 17 heteroatoms. The van der Waals surface area contributed by atoms with Crippen LogP contribution in [0, 0.1) is 11.3 Å². The van der Waals surface area contributed by atoms with Crippen molar-refractivity contribution in [1.29, 1.82) is 5.26 Å². The fourth-order valence-corrected chi connectivity index (χ4v) is 12.3. The maximum atomic E-state index is 9.71. The summed E-state index contributed by atoms with van der Waals surface area (Å²) < 4.78 is 64.3. The Morgan fingerprint density at radius 1 is 0.808 bits per heavy atom. The van der Waals surface area contributed by atoms with E-state index in [0.29, 0.717) is 41.6 Å². The van der Waals surface area contributed by atoms with Gasteiger partial charge < -0.3 is 41.9 Å². The number of hydrogen-bond acceptors (Lipinski definition) is 14. The average Bonchev–Trinajstić information content (AvgIpc) is 3.97. The van der Waals surface area contributed by atoms with Crippen LogP contribution >= 0.6 is 8.53 Å². The van der Waals surface area contributed by atoms with Gasteiger partial charge in [-0.2, -0.15) is 5.26 Å². The molecule has 2 aliphatic heterocycles. The lowest BCUT2D eigenvalue weighted by Gasteiger charge is -2.42. The van der Waals surface area contributed by atoms with Gasteiger partial charge >= 0.3 is 0 Å². The minimum Gasteiger partial charge on any atom is -0.497 e. The molecular formula is C56H71N6O9PSi. The molecule has 388 valence electrons. The predicted molar refractivity (Wildman–Crippen MR) is 284 cm³/mol. The zero-order valence-electron chi connectivity index (χ0n) is 44.1. The van der Waals surface area contributed by atoms with Crippen LogP contribution < -0.4 is 9.47 Å². The average molecular weight is 1030 g/mol. The highest BCUT2D eigenvalue weighted by Gasteiger charge is 2.54. The van der Waals surface area contributed by atoms with Gasteiger partial charge in [-0.3, -0.25) is 4.57 Å². The molecular weight excluding hydrogens is 960 g/mol. The minimum absolute atomic E-state index is 0.0269. The summed E-state index contributed by atoms with van der Waals surface area (Å²) in [6.45, 7) is 21.1. The van der Waals surface area contributed by atoms with E-state index in [0.717, 1.165) is 34.2 Å². The summed E-state index contributed by atoms with van der Waals surface area (Å²) in [4.78, 5) is 14.7. The fourth-order valence-electron chi connectivity index (χ4n) is 9.28. The lowest BCUT2D eigenvalue weighted by molar-refractivity contribution is -0.183. The van der Waals surface area contributed by atoms with E-state index in [2.05, 4.69) is 84.4 Å². The van der Waals surface area contributed by atoms with Gasteiger partial charge in [0.05, 0.1) is 59.5 Å². The van der Waals surface area contributed by atoms with Gasteiger partial charge in [0.1, 0.15) is 52.9 Å². The summed E-state index contributed by atoms with van der Waals surface area (Å²) in [7, 11) is -1.13. The number of nitrogens with zero attached hydrogens (tertiary/aromatic N) is 6. The number of methoxy groups -OCH3 is 2. The Hall–Kier alpha value is -5.15. The number of benzene rings is 4. The number of fused-ring (bicyclic) bond motifs is 1. The van der Waals surface area contributed by atoms with Crippen LogP contribution in [0.1, 0.15) is 96.1 Å². The molecule has 0 radical (unpaired) electrons. The molecule has 2 saturated heterocycles. The lowest BCUT2D eigenvalue weighted by atomic mass is 9.80. The molecule has 2 aromatic heterocycles. The monoisotopic (exact) mass is 1030 g/mol. The Labute approximate surface area is 433 Å². The smallest absolute Gasteiger partial charge is 0.259 e. The second-order valence-corrected chi connectivity index (χ2v) is 26.6. The van der Waals surface area contributed by atoms with E-state index >= 15 is 0 Å². The Bertz CT molecular complexity index is 2710. The molecule has 2 aliphatic rings. The maximum Gasteiger partial charge on any atom is 0.259 e. The van der Waals surface area contributed by atoms with Crippen molar-refractivity contribution in [2.24, 2.45) is 0 Å². The van der Waals surface area contributed by atoms with Gasteiger partial charge in [-0.1, -0.05) is 93.6 Å². The Morgan fingerprint density at radius 2 is 1.44 bits per heavy atom. The summed E-state index contributed by atoms with van der Waals surface area (Å²) >= 11 is 0. The van der Waals surface area contributed by atoms with Crippen molar-refractivity contribution in [1.82, 2.24) is 24.2 Å². The first-order valence-corrected chi connectivity index (χ1v) is 29.2.